The molecule has 0 amide bonds. The van der Waals surface area contributed by atoms with Crippen molar-refractivity contribution >= 4 is 18.5 Å². The number of halogens is 3. The summed E-state index contributed by atoms with van der Waals surface area (Å²) in [6.07, 6.45) is -4.32. The third-order valence-electron chi connectivity index (χ3n) is 3.60. The van der Waals surface area contributed by atoms with Crippen molar-refractivity contribution in [3.63, 3.8) is 0 Å². The molecule has 0 fully saturated rings. The largest absolute Gasteiger partial charge is 0.408 e. The molecule has 0 heterocycles. The van der Waals surface area contributed by atoms with E-state index in [1.54, 1.807) is 60.7 Å². The molecular weight excluding hydrogens is 332 g/mol. The number of nitrogens with zero attached hydrogens (tertiary/aromatic N) is 2. The highest BCUT2D eigenvalue weighted by atomic mass is 31.1. The van der Waals surface area contributed by atoms with Gasteiger partial charge in [-0.05, 0) is 25.6 Å². The molecule has 0 saturated carbocycles. The van der Waals surface area contributed by atoms with E-state index >= 15 is 0 Å². The number of benzene rings is 2. The van der Waals surface area contributed by atoms with Gasteiger partial charge in [0.1, 0.15) is 5.78 Å². The molecular formula is C18H18F3N2P. The average Bonchev–Trinajstić information content (AvgIpc) is 2.58. The molecule has 6 heteroatoms. The quantitative estimate of drug-likeness (QED) is 0.740. The summed E-state index contributed by atoms with van der Waals surface area (Å²) in [5.74, 6) is -1.63. The highest BCUT2D eigenvalue weighted by Gasteiger charge is 2.48. The fraction of sp³-hybridized carbons (Fsp3) is 0.278. The molecule has 0 radical (unpaired) electrons. The molecule has 0 aliphatic carbocycles. The normalized spacial score (nSPS) is 13.0. The first-order valence-electron chi connectivity index (χ1n) is 7.48. The Kier molecular flexibility index (Phi) is 6.36. The zero-order valence-electron chi connectivity index (χ0n) is 13.2. The molecule has 0 aliphatic heterocycles. The van der Waals surface area contributed by atoms with Crippen LogP contribution < -0.4 is 10.6 Å². The van der Waals surface area contributed by atoms with Crippen LogP contribution in [0.3, 0.4) is 0 Å². The molecule has 0 bridgehead atoms. The van der Waals surface area contributed by atoms with Gasteiger partial charge in [0.25, 0.3) is 0 Å². The Morgan fingerprint density at radius 3 is 1.83 bits per heavy atom. The van der Waals surface area contributed by atoms with Crippen molar-refractivity contribution in [2.24, 2.45) is 0 Å². The van der Waals surface area contributed by atoms with E-state index in [0.717, 1.165) is 0 Å². The van der Waals surface area contributed by atoms with Gasteiger partial charge < -0.3 is 0 Å². The molecule has 126 valence electrons. The second-order valence-corrected chi connectivity index (χ2v) is 7.61. The molecule has 0 aromatic heterocycles. The lowest BCUT2D eigenvalue weighted by Crippen LogP contribution is -2.46. The number of hydrogen-bond donors (Lipinski definition) is 0. The highest BCUT2D eigenvalue weighted by molar-refractivity contribution is 7.73. The van der Waals surface area contributed by atoms with Gasteiger partial charge in [-0.25, -0.2) is 0 Å². The lowest BCUT2D eigenvalue weighted by Gasteiger charge is -2.36. The molecule has 2 rings (SSSR count). The summed E-state index contributed by atoms with van der Waals surface area (Å²) in [6.45, 7) is 0.0825. The standard InChI is InChI=1S/C18H18F3N2P/c1-23(14-8-13-22)17(18(19,20)21)24(15-9-4-2-5-10-15)16-11-6-3-7-12-16/h2-7,9-12,17H,8,14H2,1H3. The van der Waals surface area contributed by atoms with E-state index in [9.17, 15) is 13.2 Å². The van der Waals surface area contributed by atoms with Crippen LogP contribution in [-0.2, 0) is 0 Å². The van der Waals surface area contributed by atoms with Gasteiger partial charge in [-0.1, -0.05) is 60.7 Å². The molecule has 1 unspecified atom stereocenters. The van der Waals surface area contributed by atoms with Crippen LogP contribution in [0.2, 0.25) is 0 Å². The maximum Gasteiger partial charge on any atom is 0.408 e. The summed E-state index contributed by atoms with van der Waals surface area (Å²) in [4.78, 5) is 1.26. The van der Waals surface area contributed by atoms with Crippen LogP contribution in [0, 0.1) is 11.3 Å². The Labute approximate surface area is 141 Å². The number of alkyl halides is 3. The van der Waals surface area contributed by atoms with Crippen molar-refractivity contribution in [1.82, 2.24) is 4.90 Å². The van der Waals surface area contributed by atoms with Gasteiger partial charge in [0.15, 0.2) is 0 Å². The lowest BCUT2D eigenvalue weighted by atomic mass is 10.4. The van der Waals surface area contributed by atoms with Crippen LogP contribution in [0.5, 0.6) is 0 Å². The zero-order valence-corrected chi connectivity index (χ0v) is 14.1. The minimum atomic E-state index is -4.39. The minimum absolute atomic E-state index is 0.0653. The lowest BCUT2D eigenvalue weighted by molar-refractivity contribution is -0.155. The van der Waals surface area contributed by atoms with Gasteiger partial charge in [0.2, 0.25) is 0 Å². The monoisotopic (exact) mass is 350 g/mol. The van der Waals surface area contributed by atoms with E-state index in [-0.39, 0.29) is 13.0 Å². The molecule has 0 spiro atoms. The van der Waals surface area contributed by atoms with Crippen LogP contribution in [0.25, 0.3) is 0 Å². The molecule has 0 N–H and O–H groups in total. The van der Waals surface area contributed by atoms with Crippen molar-refractivity contribution < 1.29 is 13.2 Å². The van der Waals surface area contributed by atoms with Crippen LogP contribution in [-0.4, -0.2) is 30.5 Å². The van der Waals surface area contributed by atoms with E-state index in [2.05, 4.69) is 0 Å². The first-order valence-corrected chi connectivity index (χ1v) is 8.89. The summed E-state index contributed by atoms with van der Waals surface area (Å²) in [6, 6.07) is 19.5. The highest BCUT2D eigenvalue weighted by Crippen LogP contribution is 2.48. The molecule has 0 saturated heterocycles. The van der Waals surface area contributed by atoms with E-state index < -0.39 is 19.9 Å². The zero-order chi connectivity index (χ0) is 17.6. The third kappa shape index (κ3) is 4.56. The molecule has 2 aromatic carbocycles. The van der Waals surface area contributed by atoms with Crippen molar-refractivity contribution in [3.05, 3.63) is 60.7 Å². The van der Waals surface area contributed by atoms with E-state index in [0.29, 0.717) is 10.6 Å². The summed E-state index contributed by atoms with van der Waals surface area (Å²) in [5.41, 5.74) is 0. The maximum absolute atomic E-state index is 13.9. The Bertz CT molecular complexity index is 629. The summed E-state index contributed by atoms with van der Waals surface area (Å²) in [7, 11) is -0.226. The van der Waals surface area contributed by atoms with Gasteiger partial charge in [-0.3, -0.25) is 4.90 Å². The van der Waals surface area contributed by atoms with Crippen LogP contribution in [0.15, 0.2) is 60.7 Å². The second-order valence-electron chi connectivity index (χ2n) is 5.35. The van der Waals surface area contributed by atoms with Crippen molar-refractivity contribution in [3.8, 4) is 6.07 Å². The maximum atomic E-state index is 13.9. The molecule has 0 aliphatic rings. The van der Waals surface area contributed by atoms with Gasteiger partial charge >= 0.3 is 6.18 Å². The predicted octanol–water partition coefficient (Wildman–Crippen LogP) is 3.85. The second kappa shape index (κ2) is 8.28. The molecule has 24 heavy (non-hydrogen) atoms. The van der Waals surface area contributed by atoms with Crippen LogP contribution in [0.1, 0.15) is 6.42 Å². The third-order valence-corrected chi connectivity index (χ3v) is 6.49. The Morgan fingerprint density at radius 1 is 1.00 bits per heavy atom. The topological polar surface area (TPSA) is 27.0 Å². The summed E-state index contributed by atoms with van der Waals surface area (Å²) >= 11 is 0. The van der Waals surface area contributed by atoms with Crippen molar-refractivity contribution in [1.29, 1.82) is 5.26 Å². The smallest absolute Gasteiger partial charge is 0.290 e. The Hall–Kier alpha value is -1.89. The van der Waals surface area contributed by atoms with Crippen LogP contribution in [0.4, 0.5) is 13.2 Å². The van der Waals surface area contributed by atoms with Crippen molar-refractivity contribution in [2.75, 3.05) is 13.6 Å². The van der Waals surface area contributed by atoms with E-state index in [4.69, 9.17) is 5.26 Å². The van der Waals surface area contributed by atoms with Gasteiger partial charge in [0.05, 0.1) is 6.07 Å². The first kappa shape index (κ1) is 18.4. The van der Waals surface area contributed by atoms with Crippen LogP contribution >= 0.6 is 7.92 Å². The molecule has 2 aromatic rings. The summed E-state index contributed by atoms with van der Waals surface area (Å²) < 4.78 is 41.7. The minimum Gasteiger partial charge on any atom is -0.290 e. The predicted molar refractivity (Wildman–Crippen MR) is 91.8 cm³/mol. The Morgan fingerprint density at radius 2 is 1.46 bits per heavy atom. The summed E-state index contributed by atoms with van der Waals surface area (Å²) in [5, 5.41) is 10.1. The first-order chi connectivity index (χ1) is 11.4. The van der Waals surface area contributed by atoms with E-state index in [1.807, 2.05) is 6.07 Å². The van der Waals surface area contributed by atoms with E-state index in [1.165, 1.54) is 11.9 Å². The van der Waals surface area contributed by atoms with Gasteiger partial charge in [0, 0.05) is 13.0 Å². The number of nitriles is 1. The molecule has 2 nitrogen and oxygen atoms in total. The molecule has 1 atom stereocenters. The number of hydrogen-bond acceptors (Lipinski definition) is 2. The van der Waals surface area contributed by atoms with Gasteiger partial charge in [-0.2, -0.15) is 18.4 Å². The van der Waals surface area contributed by atoms with Gasteiger partial charge in [-0.15, -0.1) is 0 Å². The number of rotatable bonds is 6. The fourth-order valence-electron chi connectivity index (χ4n) is 2.55. The SMILES string of the molecule is CN(CCC#N)C(P(c1ccccc1)c1ccccc1)C(F)(F)F. The fourth-order valence-corrected chi connectivity index (χ4v) is 5.20. The Balaban J connectivity index is 2.51. The van der Waals surface area contributed by atoms with Crippen molar-refractivity contribution in [2.45, 2.75) is 18.4 Å². The average molecular weight is 350 g/mol.